The molecule has 1 aromatic rings. The van der Waals surface area contributed by atoms with Gasteiger partial charge in [-0.3, -0.25) is 0 Å². The first-order valence-electron chi connectivity index (χ1n) is 6.14. The first-order valence-corrected chi connectivity index (χ1v) is 6.14. The normalized spacial score (nSPS) is 11.8. The Bertz CT molecular complexity index is 371. The van der Waals surface area contributed by atoms with E-state index in [2.05, 4.69) is 30.4 Å². The predicted molar refractivity (Wildman–Crippen MR) is 69.0 cm³/mol. The standard InChI is InChI=1S/C14H20N2O/c1-3-12-6-5-7-14(10-12)17-9-8-13(11-15)16-4-2/h5-7,10,13,16H,3-4,8-9H2,1-2H3. The van der Waals surface area contributed by atoms with Gasteiger partial charge in [0.15, 0.2) is 0 Å². The third-order valence-corrected chi connectivity index (χ3v) is 2.59. The summed E-state index contributed by atoms with van der Waals surface area (Å²) in [5, 5.41) is 12.0. The van der Waals surface area contributed by atoms with Crippen LogP contribution in [0.25, 0.3) is 0 Å². The molecule has 1 aromatic carbocycles. The van der Waals surface area contributed by atoms with Crippen LogP contribution >= 0.6 is 0 Å². The molecule has 3 heteroatoms. The van der Waals surface area contributed by atoms with Crippen LogP contribution in [0, 0.1) is 11.3 Å². The molecule has 1 atom stereocenters. The molecule has 0 aromatic heterocycles. The van der Waals surface area contributed by atoms with E-state index >= 15 is 0 Å². The van der Waals surface area contributed by atoms with Crippen LogP contribution in [0.15, 0.2) is 24.3 Å². The van der Waals surface area contributed by atoms with Crippen molar-refractivity contribution >= 4 is 0 Å². The fraction of sp³-hybridized carbons (Fsp3) is 0.500. The number of benzene rings is 1. The molecule has 1 N–H and O–H groups in total. The van der Waals surface area contributed by atoms with E-state index < -0.39 is 0 Å². The van der Waals surface area contributed by atoms with Crippen molar-refractivity contribution in [2.45, 2.75) is 32.7 Å². The van der Waals surface area contributed by atoms with Gasteiger partial charge in [-0.2, -0.15) is 5.26 Å². The highest BCUT2D eigenvalue weighted by Gasteiger charge is 2.05. The molecule has 17 heavy (non-hydrogen) atoms. The summed E-state index contributed by atoms with van der Waals surface area (Å²) in [5.41, 5.74) is 1.27. The van der Waals surface area contributed by atoms with Gasteiger partial charge in [-0.15, -0.1) is 0 Å². The van der Waals surface area contributed by atoms with Gasteiger partial charge in [0.1, 0.15) is 5.75 Å². The first-order chi connectivity index (χ1) is 8.30. The largest absolute Gasteiger partial charge is 0.493 e. The summed E-state index contributed by atoms with van der Waals surface area (Å²) in [6.07, 6.45) is 1.72. The van der Waals surface area contributed by atoms with E-state index in [0.29, 0.717) is 13.0 Å². The number of hydrogen-bond acceptors (Lipinski definition) is 3. The van der Waals surface area contributed by atoms with Crippen LogP contribution in [0.2, 0.25) is 0 Å². The number of nitriles is 1. The van der Waals surface area contributed by atoms with Gasteiger partial charge in [-0.05, 0) is 30.7 Å². The maximum Gasteiger partial charge on any atom is 0.119 e. The van der Waals surface area contributed by atoms with E-state index in [1.165, 1.54) is 5.56 Å². The van der Waals surface area contributed by atoms with Gasteiger partial charge in [0, 0.05) is 6.42 Å². The van der Waals surface area contributed by atoms with Crippen molar-refractivity contribution in [1.29, 1.82) is 5.26 Å². The van der Waals surface area contributed by atoms with Crippen molar-refractivity contribution in [1.82, 2.24) is 5.32 Å². The molecule has 0 aliphatic rings. The summed E-state index contributed by atoms with van der Waals surface area (Å²) < 4.78 is 5.64. The van der Waals surface area contributed by atoms with Crippen LogP contribution < -0.4 is 10.1 Å². The minimum atomic E-state index is -0.116. The second kappa shape index (κ2) is 7.70. The lowest BCUT2D eigenvalue weighted by atomic mass is 10.2. The zero-order valence-corrected chi connectivity index (χ0v) is 10.6. The lowest BCUT2D eigenvalue weighted by molar-refractivity contribution is 0.298. The Labute approximate surface area is 103 Å². The smallest absolute Gasteiger partial charge is 0.119 e. The highest BCUT2D eigenvalue weighted by molar-refractivity contribution is 5.28. The van der Waals surface area contributed by atoms with Gasteiger partial charge < -0.3 is 10.1 Å². The topological polar surface area (TPSA) is 45.0 Å². The highest BCUT2D eigenvalue weighted by Crippen LogP contribution is 2.14. The van der Waals surface area contributed by atoms with E-state index in [0.717, 1.165) is 18.7 Å². The Morgan fingerprint density at radius 1 is 1.41 bits per heavy atom. The summed E-state index contributed by atoms with van der Waals surface area (Å²) in [6, 6.07) is 10.2. The number of ether oxygens (including phenoxy) is 1. The van der Waals surface area contributed by atoms with Gasteiger partial charge >= 0.3 is 0 Å². The van der Waals surface area contributed by atoms with Gasteiger partial charge in [0.25, 0.3) is 0 Å². The van der Waals surface area contributed by atoms with E-state index in [-0.39, 0.29) is 6.04 Å². The Kier molecular flexibility index (Phi) is 6.13. The van der Waals surface area contributed by atoms with Crippen LogP contribution in [-0.4, -0.2) is 19.2 Å². The van der Waals surface area contributed by atoms with Gasteiger partial charge in [-0.25, -0.2) is 0 Å². The molecule has 0 saturated carbocycles. The van der Waals surface area contributed by atoms with E-state index in [1.807, 2.05) is 19.1 Å². The zero-order chi connectivity index (χ0) is 12.5. The second-order valence-corrected chi connectivity index (χ2v) is 3.88. The maximum atomic E-state index is 8.87. The fourth-order valence-electron chi connectivity index (χ4n) is 1.61. The van der Waals surface area contributed by atoms with Crippen LogP contribution in [0.3, 0.4) is 0 Å². The number of nitrogens with one attached hydrogen (secondary N) is 1. The molecule has 92 valence electrons. The second-order valence-electron chi connectivity index (χ2n) is 3.88. The predicted octanol–water partition coefficient (Wildman–Crippen LogP) is 2.52. The average Bonchev–Trinajstić information content (AvgIpc) is 2.38. The van der Waals surface area contributed by atoms with Crippen molar-refractivity contribution in [3.05, 3.63) is 29.8 Å². The highest BCUT2D eigenvalue weighted by atomic mass is 16.5. The summed E-state index contributed by atoms with van der Waals surface area (Å²) in [7, 11) is 0. The number of aryl methyl sites for hydroxylation is 1. The molecule has 0 saturated heterocycles. The third-order valence-electron chi connectivity index (χ3n) is 2.59. The first kappa shape index (κ1) is 13.5. The van der Waals surface area contributed by atoms with Gasteiger partial charge in [0.05, 0.1) is 18.7 Å². The molecule has 1 rings (SSSR count). The van der Waals surface area contributed by atoms with E-state index in [9.17, 15) is 0 Å². The molecule has 0 radical (unpaired) electrons. The van der Waals surface area contributed by atoms with E-state index in [1.54, 1.807) is 0 Å². The SMILES string of the molecule is CCNC(C#N)CCOc1cccc(CC)c1. The van der Waals surface area contributed by atoms with Gasteiger partial charge in [0.2, 0.25) is 0 Å². The van der Waals surface area contributed by atoms with Gasteiger partial charge in [-0.1, -0.05) is 26.0 Å². The molecule has 1 unspecified atom stereocenters. The average molecular weight is 232 g/mol. The van der Waals surface area contributed by atoms with Crippen LogP contribution in [0.1, 0.15) is 25.8 Å². The summed E-state index contributed by atoms with van der Waals surface area (Å²) in [5.74, 6) is 0.887. The minimum Gasteiger partial charge on any atom is -0.493 e. The molecule has 0 spiro atoms. The number of hydrogen-bond donors (Lipinski definition) is 1. The quantitative estimate of drug-likeness (QED) is 0.785. The van der Waals surface area contributed by atoms with Crippen molar-refractivity contribution in [3.8, 4) is 11.8 Å². The Balaban J connectivity index is 2.37. The molecule has 0 aliphatic carbocycles. The lowest BCUT2D eigenvalue weighted by Gasteiger charge is -2.11. The Morgan fingerprint density at radius 3 is 2.88 bits per heavy atom. The summed E-state index contributed by atoms with van der Waals surface area (Å²) in [4.78, 5) is 0. The zero-order valence-electron chi connectivity index (χ0n) is 10.6. The molecule has 0 amide bonds. The van der Waals surface area contributed by atoms with Crippen molar-refractivity contribution < 1.29 is 4.74 Å². The molecule has 0 aliphatic heterocycles. The summed E-state index contributed by atoms with van der Waals surface area (Å²) >= 11 is 0. The molecular weight excluding hydrogens is 212 g/mol. The fourth-order valence-corrected chi connectivity index (χ4v) is 1.61. The third kappa shape index (κ3) is 4.88. The Morgan fingerprint density at radius 2 is 2.24 bits per heavy atom. The maximum absolute atomic E-state index is 8.87. The summed E-state index contributed by atoms with van der Waals surface area (Å²) in [6.45, 7) is 5.49. The van der Waals surface area contributed by atoms with Crippen molar-refractivity contribution in [2.24, 2.45) is 0 Å². The van der Waals surface area contributed by atoms with Crippen LogP contribution in [0.5, 0.6) is 5.75 Å². The molecule has 0 fully saturated rings. The molecule has 0 heterocycles. The number of rotatable bonds is 7. The molecule has 3 nitrogen and oxygen atoms in total. The van der Waals surface area contributed by atoms with Crippen molar-refractivity contribution in [3.63, 3.8) is 0 Å². The minimum absolute atomic E-state index is 0.116. The lowest BCUT2D eigenvalue weighted by Crippen LogP contribution is -2.28. The monoisotopic (exact) mass is 232 g/mol. The molecular formula is C14H20N2O. The van der Waals surface area contributed by atoms with Crippen LogP contribution in [-0.2, 0) is 6.42 Å². The molecule has 0 bridgehead atoms. The van der Waals surface area contributed by atoms with E-state index in [4.69, 9.17) is 10.00 Å². The van der Waals surface area contributed by atoms with Crippen molar-refractivity contribution in [2.75, 3.05) is 13.2 Å². The number of nitrogens with zero attached hydrogens (tertiary/aromatic N) is 1. The van der Waals surface area contributed by atoms with Crippen LogP contribution in [0.4, 0.5) is 0 Å². The Hall–Kier alpha value is -1.53.